The Kier molecular flexibility index (Phi) is 3.97. The van der Waals surface area contributed by atoms with Crippen LogP contribution in [0.4, 0.5) is 0 Å². The fourth-order valence-corrected chi connectivity index (χ4v) is 2.84. The lowest BCUT2D eigenvalue weighted by Crippen LogP contribution is -2.17. The van der Waals surface area contributed by atoms with Crippen molar-refractivity contribution in [1.82, 2.24) is 5.32 Å². The van der Waals surface area contributed by atoms with Gasteiger partial charge in [0.2, 0.25) is 0 Å². The molecule has 1 N–H and O–H groups in total. The summed E-state index contributed by atoms with van der Waals surface area (Å²) in [6, 6.07) is 9.32. The van der Waals surface area contributed by atoms with Crippen molar-refractivity contribution in [2.45, 2.75) is 33.4 Å². The lowest BCUT2D eigenvalue weighted by Gasteiger charge is -2.13. The van der Waals surface area contributed by atoms with Crippen LogP contribution < -0.4 is 5.32 Å². The molecule has 1 aromatic heterocycles. The molecule has 0 bridgehead atoms. The van der Waals surface area contributed by atoms with Gasteiger partial charge in [0, 0.05) is 12.6 Å². The van der Waals surface area contributed by atoms with Crippen LogP contribution in [0, 0.1) is 13.8 Å². The third-order valence-corrected chi connectivity index (χ3v) is 3.64. The van der Waals surface area contributed by atoms with Crippen LogP contribution >= 0.6 is 11.3 Å². The Morgan fingerprint density at radius 3 is 2.47 bits per heavy atom. The van der Waals surface area contributed by atoms with E-state index in [-0.39, 0.29) is 0 Å². The molecule has 0 spiro atoms. The fraction of sp³-hybridized carbons (Fsp3) is 0.333. The van der Waals surface area contributed by atoms with E-state index in [2.05, 4.69) is 61.1 Å². The van der Waals surface area contributed by atoms with Gasteiger partial charge in [-0.15, -0.1) is 0 Å². The van der Waals surface area contributed by atoms with Crippen LogP contribution in [0.1, 0.15) is 35.2 Å². The van der Waals surface area contributed by atoms with Crippen LogP contribution in [-0.2, 0) is 6.54 Å². The molecule has 2 heteroatoms. The largest absolute Gasteiger partial charge is 0.306 e. The predicted octanol–water partition coefficient (Wildman–Crippen LogP) is 4.22. The van der Waals surface area contributed by atoms with Crippen LogP contribution in [0.25, 0.3) is 0 Å². The number of rotatable bonds is 4. The summed E-state index contributed by atoms with van der Waals surface area (Å²) in [5.74, 6) is 0. The Morgan fingerprint density at radius 1 is 1.18 bits per heavy atom. The van der Waals surface area contributed by atoms with Crippen molar-refractivity contribution in [3.8, 4) is 0 Å². The van der Waals surface area contributed by atoms with E-state index in [0.29, 0.717) is 6.04 Å². The molecule has 0 radical (unpaired) electrons. The molecule has 1 heterocycles. The Hall–Kier alpha value is -1.12. The first-order valence-electron chi connectivity index (χ1n) is 5.98. The zero-order chi connectivity index (χ0) is 12.3. The highest BCUT2D eigenvalue weighted by atomic mass is 32.1. The first-order valence-corrected chi connectivity index (χ1v) is 6.92. The molecule has 1 atom stereocenters. The smallest absolute Gasteiger partial charge is 0.0303 e. The Balaban J connectivity index is 1.98. The summed E-state index contributed by atoms with van der Waals surface area (Å²) in [5, 5.41) is 7.90. The first-order chi connectivity index (χ1) is 8.15. The van der Waals surface area contributed by atoms with Gasteiger partial charge in [-0.05, 0) is 48.7 Å². The minimum Gasteiger partial charge on any atom is -0.306 e. The minimum absolute atomic E-state index is 0.419. The summed E-state index contributed by atoms with van der Waals surface area (Å²) in [7, 11) is 0. The molecule has 17 heavy (non-hydrogen) atoms. The second-order valence-corrected chi connectivity index (χ2v) is 5.44. The van der Waals surface area contributed by atoms with Crippen molar-refractivity contribution >= 4 is 11.3 Å². The third kappa shape index (κ3) is 3.42. The molecule has 0 aliphatic rings. The van der Waals surface area contributed by atoms with E-state index in [0.717, 1.165) is 6.54 Å². The van der Waals surface area contributed by atoms with Gasteiger partial charge in [0.1, 0.15) is 0 Å². The highest BCUT2D eigenvalue weighted by molar-refractivity contribution is 7.07. The number of hydrogen-bond acceptors (Lipinski definition) is 2. The molecule has 0 saturated heterocycles. The molecule has 0 fully saturated rings. The highest BCUT2D eigenvalue weighted by Crippen LogP contribution is 2.16. The maximum absolute atomic E-state index is 3.56. The molecule has 0 saturated carbocycles. The predicted molar refractivity (Wildman–Crippen MR) is 75.5 cm³/mol. The number of benzene rings is 1. The summed E-state index contributed by atoms with van der Waals surface area (Å²) in [4.78, 5) is 0. The lowest BCUT2D eigenvalue weighted by molar-refractivity contribution is 0.576. The van der Waals surface area contributed by atoms with E-state index >= 15 is 0 Å². The Morgan fingerprint density at radius 2 is 1.88 bits per heavy atom. The number of aryl methyl sites for hydroxylation is 2. The summed E-state index contributed by atoms with van der Waals surface area (Å²) >= 11 is 1.75. The van der Waals surface area contributed by atoms with E-state index < -0.39 is 0 Å². The normalized spacial score (nSPS) is 12.6. The first kappa shape index (κ1) is 12.3. The Labute approximate surface area is 108 Å². The van der Waals surface area contributed by atoms with Crippen molar-refractivity contribution in [2.24, 2.45) is 0 Å². The summed E-state index contributed by atoms with van der Waals surface area (Å²) in [6.45, 7) is 7.45. The molecular weight excluding hydrogens is 226 g/mol. The van der Waals surface area contributed by atoms with Crippen molar-refractivity contribution in [3.05, 3.63) is 57.3 Å². The molecule has 1 aromatic carbocycles. The van der Waals surface area contributed by atoms with Gasteiger partial charge >= 0.3 is 0 Å². The zero-order valence-corrected chi connectivity index (χ0v) is 11.5. The Bertz CT molecular complexity index is 453. The fourth-order valence-electron chi connectivity index (χ4n) is 2.08. The molecule has 0 aliphatic heterocycles. The number of hydrogen-bond donors (Lipinski definition) is 1. The van der Waals surface area contributed by atoms with Gasteiger partial charge in [-0.1, -0.05) is 29.3 Å². The lowest BCUT2D eigenvalue weighted by atomic mass is 10.1. The number of nitrogens with one attached hydrogen (secondary N) is 1. The van der Waals surface area contributed by atoms with Crippen LogP contribution in [0.5, 0.6) is 0 Å². The topological polar surface area (TPSA) is 12.0 Å². The van der Waals surface area contributed by atoms with Crippen LogP contribution in [0.3, 0.4) is 0 Å². The monoisotopic (exact) mass is 245 g/mol. The van der Waals surface area contributed by atoms with Crippen LogP contribution in [0.2, 0.25) is 0 Å². The second-order valence-electron chi connectivity index (χ2n) is 4.66. The van der Waals surface area contributed by atoms with Crippen molar-refractivity contribution in [2.75, 3.05) is 0 Å². The SMILES string of the molecule is Cc1cc(C)cc(CNC(C)c2ccsc2)c1. The molecule has 1 nitrogen and oxygen atoms in total. The van der Waals surface area contributed by atoms with Gasteiger partial charge in [0.05, 0.1) is 0 Å². The third-order valence-electron chi connectivity index (χ3n) is 2.94. The summed E-state index contributed by atoms with van der Waals surface area (Å²) in [5.41, 5.74) is 5.42. The maximum Gasteiger partial charge on any atom is 0.0303 e. The maximum atomic E-state index is 3.56. The van der Waals surface area contributed by atoms with Gasteiger partial charge < -0.3 is 5.32 Å². The van der Waals surface area contributed by atoms with Gasteiger partial charge in [-0.3, -0.25) is 0 Å². The van der Waals surface area contributed by atoms with E-state index in [1.807, 2.05) is 0 Å². The second kappa shape index (κ2) is 5.48. The van der Waals surface area contributed by atoms with Crippen molar-refractivity contribution in [3.63, 3.8) is 0 Å². The quantitative estimate of drug-likeness (QED) is 0.850. The number of thiophene rings is 1. The molecule has 90 valence electrons. The molecule has 0 aliphatic carbocycles. The summed E-state index contributed by atoms with van der Waals surface area (Å²) in [6.07, 6.45) is 0. The molecule has 2 rings (SSSR count). The van der Waals surface area contributed by atoms with Gasteiger partial charge in [0.15, 0.2) is 0 Å². The average Bonchev–Trinajstić information content (AvgIpc) is 2.78. The van der Waals surface area contributed by atoms with Gasteiger partial charge in [-0.25, -0.2) is 0 Å². The van der Waals surface area contributed by atoms with Crippen LogP contribution in [0.15, 0.2) is 35.0 Å². The standard InChI is InChI=1S/C15H19NS/c1-11-6-12(2)8-14(7-11)9-16-13(3)15-4-5-17-10-15/h4-8,10,13,16H,9H2,1-3H3. The molecular formula is C15H19NS. The van der Waals surface area contributed by atoms with E-state index in [1.165, 1.54) is 22.3 Å². The molecule has 0 amide bonds. The zero-order valence-electron chi connectivity index (χ0n) is 10.7. The van der Waals surface area contributed by atoms with Crippen LogP contribution in [-0.4, -0.2) is 0 Å². The molecule has 2 aromatic rings. The minimum atomic E-state index is 0.419. The van der Waals surface area contributed by atoms with E-state index in [1.54, 1.807) is 11.3 Å². The highest BCUT2D eigenvalue weighted by Gasteiger charge is 2.05. The summed E-state index contributed by atoms with van der Waals surface area (Å²) < 4.78 is 0. The van der Waals surface area contributed by atoms with E-state index in [9.17, 15) is 0 Å². The van der Waals surface area contributed by atoms with Gasteiger partial charge in [-0.2, -0.15) is 11.3 Å². The van der Waals surface area contributed by atoms with E-state index in [4.69, 9.17) is 0 Å². The van der Waals surface area contributed by atoms with Gasteiger partial charge in [0.25, 0.3) is 0 Å². The molecule has 1 unspecified atom stereocenters. The average molecular weight is 245 g/mol. The van der Waals surface area contributed by atoms with Crippen molar-refractivity contribution < 1.29 is 0 Å². The van der Waals surface area contributed by atoms with Crippen molar-refractivity contribution in [1.29, 1.82) is 0 Å².